The summed E-state index contributed by atoms with van der Waals surface area (Å²) in [5.41, 5.74) is 1.41. The molecule has 0 unspecified atom stereocenters. The Morgan fingerprint density at radius 2 is 2.00 bits per heavy atom. The summed E-state index contributed by atoms with van der Waals surface area (Å²) in [6.07, 6.45) is 0.740. The van der Waals surface area contributed by atoms with Crippen molar-refractivity contribution in [3.05, 3.63) is 33.7 Å². The average molecular weight is 301 g/mol. The fraction of sp³-hybridized carbons (Fsp3) is 0.417. The number of rotatable bonds is 4. The predicted octanol–water partition coefficient (Wildman–Crippen LogP) is 2.66. The van der Waals surface area contributed by atoms with Crippen molar-refractivity contribution < 1.29 is 5.11 Å². The van der Waals surface area contributed by atoms with Crippen molar-refractivity contribution in [3.63, 3.8) is 0 Å². The Balaban J connectivity index is 2.46. The van der Waals surface area contributed by atoms with E-state index < -0.39 is 0 Å². The van der Waals surface area contributed by atoms with Crippen LogP contribution in [0.1, 0.15) is 25.1 Å². The zero-order valence-electron chi connectivity index (χ0n) is 10.6. The highest BCUT2D eigenvalue weighted by molar-refractivity contribution is 6.30. The average Bonchev–Trinajstić information content (AvgIpc) is 2.66. The third-order valence-electron chi connectivity index (χ3n) is 2.60. The Hall–Kier alpha value is -1.17. The summed E-state index contributed by atoms with van der Waals surface area (Å²) in [5, 5.41) is 22.2. The molecule has 0 aromatic carbocycles. The topological polar surface area (TPSA) is 63.8 Å². The zero-order chi connectivity index (χ0) is 14.0. The molecule has 0 spiro atoms. The van der Waals surface area contributed by atoms with Crippen molar-refractivity contribution in [2.45, 2.75) is 26.9 Å². The van der Waals surface area contributed by atoms with Crippen molar-refractivity contribution in [1.29, 1.82) is 0 Å². The molecule has 0 amide bonds. The lowest BCUT2D eigenvalue weighted by molar-refractivity contribution is 0.280. The molecule has 0 fully saturated rings. The molecule has 19 heavy (non-hydrogen) atoms. The monoisotopic (exact) mass is 300 g/mol. The molecule has 0 aliphatic heterocycles. The lowest BCUT2D eigenvalue weighted by atomic mass is 10.1. The van der Waals surface area contributed by atoms with Crippen LogP contribution in [0.2, 0.25) is 10.3 Å². The summed E-state index contributed by atoms with van der Waals surface area (Å²) in [5.74, 6) is 0.889. The summed E-state index contributed by atoms with van der Waals surface area (Å²) >= 11 is 11.9. The quantitative estimate of drug-likeness (QED) is 0.943. The van der Waals surface area contributed by atoms with Crippen LogP contribution < -0.4 is 0 Å². The summed E-state index contributed by atoms with van der Waals surface area (Å²) in [7, 11) is 0. The summed E-state index contributed by atoms with van der Waals surface area (Å²) in [6.45, 7) is 4.01. The standard InChI is InChI=1S/C12H14Cl2N4O/c1-7(2)5-9-8(6-19)12(14)18(17-9)11-4-3-10(13)15-16-11/h3-4,7,19H,5-6H2,1-2H3. The molecule has 2 aromatic heterocycles. The van der Waals surface area contributed by atoms with Gasteiger partial charge in [-0.3, -0.25) is 0 Å². The second kappa shape index (κ2) is 5.86. The first kappa shape index (κ1) is 14.2. The van der Waals surface area contributed by atoms with Crippen molar-refractivity contribution in [3.8, 4) is 5.82 Å². The molecule has 1 N–H and O–H groups in total. The van der Waals surface area contributed by atoms with Gasteiger partial charge in [0.15, 0.2) is 11.0 Å². The second-order valence-corrected chi connectivity index (χ2v) is 5.34. The maximum absolute atomic E-state index is 9.42. The SMILES string of the molecule is CC(C)Cc1nn(-c2ccc(Cl)nn2)c(Cl)c1CO. The molecule has 102 valence electrons. The lowest BCUT2D eigenvalue weighted by Gasteiger charge is -2.02. The highest BCUT2D eigenvalue weighted by Crippen LogP contribution is 2.24. The molecule has 0 aliphatic carbocycles. The number of halogens is 2. The van der Waals surface area contributed by atoms with E-state index in [0.717, 1.165) is 12.1 Å². The molecule has 7 heteroatoms. The number of aliphatic hydroxyl groups excluding tert-OH is 1. The molecule has 5 nitrogen and oxygen atoms in total. The summed E-state index contributed by atoms with van der Waals surface area (Å²) in [6, 6.07) is 3.29. The zero-order valence-corrected chi connectivity index (χ0v) is 12.2. The van der Waals surface area contributed by atoms with E-state index in [1.807, 2.05) is 0 Å². The smallest absolute Gasteiger partial charge is 0.177 e. The van der Waals surface area contributed by atoms with E-state index in [1.54, 1.807) is 12.1 Å². The molecule has 0 bridgehead atoms. The van der Waals surface area contributed by atoms with E-state index in [1.165, 1.54) is 4.68 Å². The van der Waals surface area contributed by atoms with Gasteiger partial charge in [-0.15, -0.1) is 10.2 Å². The Kier molecular flexibility index (Phi) is 4.39. The van der Waals surface area contributed by atoms with Crippen molar-refractivity contribution in [2.75, 3.05) is 0 Å². The van der Waals surface area contributed by atoms with E-state index in [2.05, 4.69) is 29.1 Å². The van der Waals surface area contributed by atoms with Crippen LogP contribution in [0, 0.1) is 5.92 Å². The highest BCUT2D eigenvalue weighted by Gasteiger charge is 2.18. The molecule has 0 radical (unpaired) electrons. The van der Waals surface area contributed by atoms with Gasteiger partial charge in [0, 0.05) is 5.56 Å². The minimum Gasteiger partial charge on any atom is -0.391 e. The largest absolute Gasteiger partial charge is 0.391 e. The molecule has 0 aliphatic rings. The van der Waals surface area contributed by atoms with Gasteiger partial charge in [-0.1, -0.05) is 37.0 Å². The molecule has 0 saturated heterocycles. The van der Waals surface area contributed by atoms with Gasteiger partial charge in [-0.25, -0.2) is 4.68 Å². The highest BCUT2D eigenvalue weighted by atomic mass is 35.5. The Bertz CT molecular complexity index is 566. The number of hydrogen-bond acceptors (Lipinski definition) is 4. The first-order chi connectivity index (χ1) is 9.02. The van der Waals surface area contributed by atoms with Crippen LogP contribution in [-0.2, 0) is 13.0 Å². The van der Waals surface area contributed by atoms with E-state index in [4.69, 9.17) is 23.2 Å². The second-order valence-electron chi connectivity index (χ2n) is 4.60. The van der Waals surface area contributed by atoms with Crippen LogP contribution >= 0.6 is 23.2 Å². The van der Waals surface area contributed by atoms with Gasteiger partial charge < -0.3 is 5.11 Å². The molecule has 2 rings (SSSR count). The van der Waals surface area contributed by atoms with Crippen molar-refractivity contribution in [2.24, 2.45) is 5.92 Å². The van der Waals surface area contributed by atoms with Crippen LogP contribution in [-0.4, -0.2) is 25.1 Å². The fourth-order valence-electron chi connectivity index (χ4n) is 1.75. The minimum atomic E-state index is -0.151. The number of nitrogens with zero attached hydrogens (tertiary/aromatic N) is 4. The Labute approximate surface area is 121 Å². The lowest BCUT2D eigenvalue weighted by Crippen LogP contribution is -2.02. The number of hydrogen-bond donors (Lipinski definition) is 1. The van der Waals surface area contributed by atoms with Gasteiger partial charge >= 0.3 is 0 Å². The first-order valence-corrected chi connectivity index (χ1v) is 6.65. The molecule has 2 aromatic rings. The minimum absolute atomic E-state index is 0.151. The predicted molar refractivity (Wildman–Crippen MR) is 73.6 cm³/mol. The van der Waals surface area contributed by atoms with Gasteiger partial charge in [0.25, 0.3) is 0 Å². The maximum atomic E-state index is 9.42. The summed E-state index contributed by atoms with van der Waals surface area (Å²) in [4.78, 5) is 0. The molecule has 0 atom stereocenters. The van der Waals surface area contributed by atoms with Gasteiger partial charge in [-0.2, -0.15) is 5.10 Å². The maximum Gasteiger partial charge on any atom is 0.177 e. The van der Waals surface area contributed by atoms with Crippen molar-refractivity contribution in [1.82, 2.24) is 20.0 Å². The van der Waals surface area contributed by atoms with Crippen molar-refractivity contribution >= 4 is 23.2 Å². The third-order valence-corrected chi connectivity index (χ3v) is 3.19. The molecule has 0 saturated carbocycles. The van der Waals surface area contributed by atoms with E-state index in [0.29, 0.717) is 27.6 Å². The van der Waals surface area contributed by atoms with Crippen LogP contribution in [0.3, 0.4) is 0 Å². The van der Waals surface area contributed by atoms with Crippen LogP contribution in [0.4, 0.5) is 0 Å². The fourth-order valence-corrected chi connectivity index (χ4v) is 2.15. The van der Waals surface area contributed by atoms with E-state index in [9.17, 15) is 5.11 Å². The van der Waals surface area contributed by atoms with E-state index in [-0.39, 0.29) is 6.61 Å². The van der Waals surface area contributed by atoms with Crippen LogP contribution in [0.25, 0.3) is 5.82 Å². The van der Waals surface area contributed by atoms with E-state index >= 15 is 0 Å². The van der Waals surface area contributed by atoms with Gasteiger partial charge in [0.2, 0.25) is 0 Å². The molecular formula is C12H14Cl2N4O. The Morgan fingerprint density at radius 3 is 2.53 bits per heavy atom. The molecular weight excluding hydrogens is 287 g/mol. The third kappa shape index (κ3) is 3.05. The normalized spacial score (nSPS) is 11.3. The van der Waals surface area contributed by atoms with Crippen LogP contribution in [0.15, 0.2) is 12.1 Å². The van der Waals surface area contributed by atoms with Gasteiger partial charge in [0.05, 0.1) is 12.3 Å². The van der Waals surface area contributed by atoms with Gasteiger partial charge in [-0.05, 0) is 24.5 Å². The molecule has 2 heterocycles. The Morgan fingerprint density at radius 1 is 1.26 bits per heavy atom. The summed E-state index contributed by atoms with van der Waals surface area (Å²) < 4.78 is 1.47. The number of aliphatic hydroxyl groups is 1. The van der Waals surface area contributed by atoms with Crippen LogP contribution in [0.5, 0.6) is 0 Å². The number of aromatic nitrogens is 4. The first-order valence-electron chi connectivity index (χ1n) is 5.89. The van der Waals surface area contributed by atoms with Gasteiger partial charge in [0.1, 0.15) is 5.15 Å².